The summed E-state index contributed by atoms with van der Waals surface area (Å²) < 4.78 is 22.2. The first-order chi connectivity index (χ1) is 13.0. The smallest absolute Gasteiger partial charge is 0.275 e. The van der Waals surface area contributed by atoms with E-state index in [1.165, 1.54) is 13.3 Å². The van der Waals surface area contributed by atoms with Gasteiger partial charge in [0, 0.05) is 6.07 Å². The van der Waals surface area contributed by atoms with Gasteiger partial charge in [0.2, 0.25) is 0 Å². The molecule has 0 heterocycles. The van der Waals surface area contributed by atoms with E-state index >= 15 is 0 Å². The second kappa shape index (κ2) is 10.0. The molecule has 0 aromatic heterocycles. The number of nitrogens with one attached hydrogen (secondary N) is 1. The fourth-order valence-corrected chi connectivity index (χ4v) is 3.18. The van der Waals surface area contributed by atoms with Crippen molar-refractivity contribution < 1.29 is 23.7 Å². The lowest BCUT2D eigenvalue weighted by Crippen LogP contribution is -2.18. The molecule has 1 N–H and O–H groups in total. The van der Waals surface area contributed by atoms with Crippen molar-refractivity contribution in [2.24, 2.45) is 5.10 Å². The number of ether oxygens (including phenoxy) is 4. The molecule has 0 fully saturated rings. The SMILES string of the molecule is CCOc1cc(C=NNC(=O)c2ccc(OC)cc2OC)cc(I)c1OC. The highest BCUT2D eigenvalue weighted by atomic mass is 127. The topological polar surface area (TPSA) is 78.4 Å². The van der Waals surface area contributed by atoms with Crippen LogP contribution in [-0.2, 0) is 0 Å². The van der Waals surface area contributed by atoms with Crippen LogP contribution in [-0.4, -0.2) is 40.1 Å². The highest BCUT2D eigenvalue weighted by molar-refractivity contribution is 14.1. The van der Waals surface area contributed by atoms with Crippen molar-refractivity contribution in [2.75, 3.05) is 27.9 Å². The number of amides is 1. The third kappa shape index (κ3) is 5.25. The van der Waals surface area contributed by atoms with Crippen LogP contribution in [0.1, 0.15) is 22.8 Å². The maximum atomic E-state index is 12.4. The van der Waals surface area contributed by atoms with E-state index in [-0.39, 0.29) is 5.91 Å². The minimum absolute atomic E-state index is 0.356. The number of carbonyl (C=O) groups is 1. The monoisotopic (exact) mass is 484 g/mol. The van der Waals surface area contributed by atoms with Crippen LogP contribution in [0.3, 0.4) is 0 Å². The molecule has 144 valence electrons. The number of methoxy groups -OCH3 is 3. The summed E-state index contributed by atoms with van der Waals surface area (Å²) in [5, 5.41) is 4.02. The van der Waals surface area contributed by atoms with E-state index in [1.807, 2.05) is 13.0 Å². The number of nitrogens with zero attached hydrogens (tertiary/aromatic N) is 1. The maximum Gasteiger partial charge on any atom is 0.275 e. The molecule has 2 rings (SSSR count). The van der Waals surface area contributed by atoms with Gasteiger partial charge in [-0.2, -0.15) is 5.10 Å². The normalized spacial score (nSPS) is 10.6. The molecule has 27 heavy (non-hydrogen) atoms. The molecular weight excluding hydrogens is 463 g/mol. The molecule has 0 bridgehead atoms. The summed E-state index contributed by atoms with van der Waals surface area (Å²) in [4.78, 5) is 12.4. The molecule has 0 aliphatic carbocycles. The number of benzene rings is 2. The molecule has 8 heteroatoms. The fourth-order valence-electron chi connectivity index (χ4n) is 2.34. The van der Waals surface area contributed by atoms with Crippen molar-refractivity contribution in [3.63, 3.8) is 0 Å². The summed E-state index contributed by atoms with van der Waals surface area (Å²) in [5.41, 5.74) is 3.62. The van der Waals surface area contributed by atoms with Gasteiger partial charge in [-0.05, 0) is 59.3 Å². The number of hydrogen-bond acceptors (Lipinski definition) is 6. The Kier molecular flexibility index (Phi) is 7.71. The lowest BCUT2D eigenvalue weighted by Gasteiger charge is -2.12. The highest BCUT2D eigenvalue weighted by Gasteiger charge is 2.13. The predicted octanol–water partition coefficient (Wildman–Crippen LogP) is 3.48. The first-order valence-electron chi connectivity index (χ1n) is 8.09. The van der Waals surface area contributed by atoms with Crippen molar-refractivity contribution in [2.45, 2.75) is 6.92 Å². The molecule has 2 aromatic rings. The van der Waals surface area contributed by atoms with Crippen molar-refractivity contribution in [3.05, 3.63) is 45.0 Å². The Morgan fingerprint density at radius 2 is 1.89 bits per heavy atom. The van der Waals surface area contributed by atoms with Crippen molar-refractivity contribution >= 4 is 34.7 Å². The van der Waals surface area contributed by atoms with Crippen molar-refractivity contribution in [1.82, 2.24) is 5.43 Å². The summed E-state index contributed by atoms with van der Waals surface area (Å²) >= 11 is 2.16. The molecule has 0 saturated carbocycles. The Labute approximate surface area is 171 Å². The van der Waals surface area contributed by atoms with Crippen LogP contribution >= 0.6 is 22.6 Å². The van der Waals surface area contributed by atoms with Gasteiger partial charge in [0.25, 0.3) is 5.91 Å². The molecule has 1 amide bonds. The van der Waals surface area contributed by atoms with Crippen LogP contribution in [0.4, 0.5) is 0 Å². The Bertz CT molecular complexity index is 839. The van der Waals surface area contributed by atoms with Crippen LogP contribution in [0, 0.1) is 3.57 Å². The van der Waals surface area contributed by atoms with E-state index in [0.717, 1.165) is 9.13 Å². The van der Waals surface area contributed by atoms with Gasteiger partial charge in [0.1, 0.15) is 11.5 Å². The average Bonchev–Trinajstić information content (AvgIpc) is 2.67. The maximum absolute atomic E-state index is 12.4. The zero-order chi connectivity index (χ0) is 19.8. The van der Waals surface area contributed by atoms with Crippen LogP contribution in [0.2, 0.25) is 0 Å². The molecule has 0 spiro atoms. The van der Waals surface area contributed by atoms with Gasteiger partial charge in [0.15, 0.2) is 11.5 Å². The Hall–Kier alpha value is -2.49. The van der Waals surface area contributed by atoms with E-state index in [0.29, 0.717) is 35.2 Å². The summed E-state index contributed by atoms with van der Waals surface area (Å²) in [6, 6.07) is 8.62. The van der Waals surface area contributed by atoms with E-state index in [1.54, 1.807) is 38.5 Å². The minimum atomic E-state index is -0.390. The van der Waals surface area contributed by atoms with Crippen LogP contribution in [0.5, 0.6) is 23.0 Å². The Morgan fingerprint density at radius 3 is 2.52 bits per heavy atom. The van der Waals surface area contributed by atoms with Gasteiger partial charge in [-0.1, -0.05) is 0 Å². The standard InChI is InChI=1S/C19H21IN2O5/c1-5-27-17-9-12(8-15(20)18(17)26-4)11-21-22-19(23)14-7-6-13(24-2)10-16(14)25-3/h6-11H,5H2,1-4H3,(H,22,23). The molecule has 7 nitrogen and oxygen atoms in total. The van der Waals surface area contributed by atoms with E-state index < -0.39 is 0 Å². The zero-order valence-electron chi connectivity index (χ0n) is 15.5. The van der Waals surface area contributed by atoms with Crippen LogP contribution in [0.15, 0.2) is 35.4 Å². The predicted molar refractivity (Wildman–Crippen MR) is 111 cm³/mol. The lowest BCUT2D eigenvalue weighted by atomic mass is 10.2. The van der Waals surface area contributed by atoms with Gasteiger partial charge < -0.3 is 18.9 Å². The van der Waals surface area contributed by atoms with E-state index in [2.05, 4.69) is 33.1 Å². The first kappa shape index (κ1) is 20.8. The zero-order valence-corrected chi connectivity index (χ0v) is 17.7. The number of hydrazone groups is 1. The van der Waals surface area contributed by atoms with Gasteiger partial charge in [-0.3, -0.25) is 4.79 Å². The molecule has 0 atom stereocenters. The Balaban J connectivity index is 2.16. The fraction of sp³-hybridized carbons (Fsp3) is 0.263. The van der Waals surface area contributed by atoms with Crippen molar-refractivity contribution in [3.8, 4) is 23.0 Å². The average molecular weight is 484 g/mol. The second-order valence-corrected chi connectivity index (χ2v) is 6.39. The summed E-state index contributed by atoms with van der Waals surface area (Å²) in [6.45, 7) is 2.41. The summed E-state index contributed by atoms with van der Waals surface area (Å²) in [7, 11) is 4.63. The summed E-state index contributed by atoms with van der Waals surface area (Å²) in [5.74, 6) is 1.90. The van der Waals surface area contributed by atoms with Gasteiger partial charge >= 0.3 is 0 Å². The van der Waals surface area contributed by atoms with Gasteiger partial charge in [-0.25, -0.2) is 5.43 Å². The number of carbonyl (C=O) groups excluding carboxylic acids is 1. The van der Waals surface area contributed by atoms with E-state index in [9.17, 15) is 4.79 Å². The summed E-state index contributed by atoms with van der Waals surface area (Å²) in [6.07, 6.45) is 1.54. The first-order valence-corrected chi connectivity index (χ1v) is 9.17. The minimum Gasteiger partial charge on any atom is -0.497 e. The van der Waals surface area contributed by atoms with Gasteiger partial charge in [-0.15, -0.1) is 0 Å². The van der Waals surface area contributed by atoms with Crippen LogP contribution < -0.4 is 24.4 Å². The third-order valence-electron chi connectivity index (χ3n) is 3.57. The highest BCUT2D eigenvalue weighted by Crippen LogP contribution is 2.33. The molecule has 0 aliphatic rings. The largest absolute Gasteiger partial charge is 0.497 e. The number of rotatable bonds is 8. The van der Waals surface area contributed by atoms with E-state index in [4.69, 9.17) is 18.9 Å². The lowest BCUT2D eigenvalue weighted by molar-refractivity contribution is 0.0952. The van der Waals surface area contributed by atoms with Gasteiger partial charge in [0.05, 0.1) is 43.3 Å². The number of halogens is 1. The van der Waals surface area contributed by atoms with Crippen LogP contribution in [0.25, 0.3) is 0 Å². The second-order valence-electron chi connectivity index (χ2n) is 5.23. The third-order valence-corrected chi connectivity index (χ3v) is 4.37. The molecular formula is C19H21IN2O5. The molecule has 0 saturated heterocycles. The Morgan fingerprint density at radius 1 is 1.11 bits per heavy atom. The molecule has 2 aromatic carbocycles. The molecule has 0 unspecified atom stereocenters. The molecule has 0 aliphatic heterocycles. The quantitative estimate of drug-likeness (QED) is 0.353. The van der Waals surface area contributed by atoms with Crippen molar-refractivity contribution in [1.29, 1.82) is 0 Å². The molecule has 0 radical (unpaired) electrons. The number of hydrogen-bond donors (Lipinski definition) is 1.